The summed E-state index contributed by atoms with van der Waals surface area (Å²) in [4.78, 5) is 4.05. The third-order valence-corrected chi connectivity index (χ3v) is 4.60. The summed E-state index contributed by atoms with van der Waals surface area (Å²) in [5, 5.41) is 4.99. The number of rotatable bonds is 6. The molecule has 1 aromatic carbocycles. The fraction of sp³-hybridized carbons (Fsp3) is 0.357. The molecule has 2 N–H and O–H groups in total. The molecule has 0 amide bonds. The fourth-order valence-corrected chi connectivity index (χ4v) is 3.11. The van der Waals surface area contributed by atoms with Crippen molar-refractivity contribution < 1.29 is 8.42 Å². The van der Waals surface area contributed by atoms with Crippen molar-refractivity contribution in [2.24, 2.45) is 0 Å². The van der Waals surface area contributed by atoms with Gasteiger partial charge in [0, 0.05) is 30.4 Å². The summed E-state index contributed by atoms with van der Waals surface area (Å²) < 4.78 is 26.8. The standard InChI is InChI=1S/C14H17N3O2S/c18-20(19,9-8-16-12-4-5-12)17-14-3-1-2-11-6-7-15-10-13(11)14/h1-3,6-7,10,12,16-17H,4-5,8-9H2. The number of sulfonamides is 1. The second kappa shape index (κ2) is 5.38. The molecule has 1 aromatic heterocycles. The molecule has 0 saturated heterocycles. The molecule has 1 aliphatic rings. The molecule has 1 aliphatic carbocycles. The Labute approximate surface area is 118 Å². The number of nitrogens with zero attached hydrogens (tertiary/aromatic N) is 1. The molecule has 0 radical (unpaired) electrons. The van der Waals surface area contributed by atoms with E-state index in [0.717, 1.165) is 23.6 Å². The van der Waals surface area contributed by atoms with Crippen molar-refractivity contribution in [3.63, 3.8) is 0 Å². The molecule has 5 nitrogen and oxygen atoms in total. The first-order valence-corrected chi connectivity index (χ1v) is 8.36. The average molecular weight is 291 g/mol. The fourth-order valence-electron chi connectivity index (χ4n) is 2.11. The van der Waals surface area contributed by atoms with Gasteiger partial charge in [-0.3, -0.25) is 9.71 Å². The highest BCUT2D eigenvalue weighted by molar-refractivity contribution is 7.92. The minimum Gasteiger partial charge on any atom is -0.313 e. The molecule has 0 atom stereocenters. The third-order valence-electron chi connectivity index (χ3n) is 3.33. The van der Waals surface area contributed by atoms with Crippen molar-refractivity contribution in [2.75, 3.05) is 17.0 Å². The van der Waals surface area contributed by atoms with Gasteiger partial charge in [-0.2, -0.15) is 0 Å². The summed E-state index contributed by atoms with van der Waals surface area (Å²) in [6.07, 6.45) is 5.68. The predicted octanol–water partition coefficient (Wildman–Crippen LogP) is 1.73. The van der Waals surface area contributed by atoms with Crippen molar-refractivity contribution in [1.82, 2.24) is 10.3 Å². The Morgan fingerprint density at radius 2 is 2.10 bits per heavy atom. The van der Waals surface area contributed by atoms with Gasteiger partial charge in [-0.1, -0.05) is 12.1 Å². The molecule has 1 heterocycles. The molecule has 0 spiro atoms. The first kappa shape index (κ1) is 13.3. The number of pyridine rings is 1. The monoisotopic (exact) mass is 291 g/mol. The highest BCUT2D eigenvalue weighted by Crippen LogP contribution is 2.23. The first-order chi connectivity index (χ1) is 9.64. The molecule has 20 heavy (non-hydrogen) atoms. The number of fused-ring (bicyclic) bond motifs is 1. The molecular weight excluding hydrogens is 274 g/mol. The molecule has 1 fully saturated rings. The zero-order valence-corrected chi connectivity index (χ0v) is 11.9. The van der Waals surface area contributed by atoms with E-state index in [1.807, 2.05) is 18.2 Å². The predicted molar refractivity (Wildman–Crippen MR) is 80.2 cm³/mol. The summed E-state index contributed by atoms with van der Waals surface area (Å²) in [5.41, 5.74) is 0.585. The molecular formula is C14H17N3O2S. The van der Waals surface area contributed by atoms with Crippen molar-refractivity contribution in [1.29, 1.82) is 0 Å². The molecule has 0 aliphatic heterocycles. The van der Waals surface area contributed by atoms with Gasteiger partial charge >= 0.3 is 0 Å². The van der Waals surface area contributed by atoms with Crippen LogP contribution in [0.2, 0.25) is 0 Å². The summed E-state index contributed by atoms with van der Waals surface area (Å²) in [7, 11) is -3.33. The Morgan fingerprint density at radius 1 is 1.25 bits per heavy atom. The van der Waals surface area contributed by atoms with Crippen LogP contribution in [0.15, 0.2) is 36.7 Å². The lowest BCUT2D eigenvalue weighted by Gasteiger charge is -2.10. The van der Waals surface area contributed by atoms with Crippen LogP contribution in [0.3, 0.4) is 0 Å². The van der Waals surface area contributed by atoms with Crippen LogP contribution in [-0.2, 0) is 10.0 Å². The van der Waals surface area contributed by atoms with Gasteiger partial charge in [-0.05, 0) is 30.4 Å². The lowest BCUT2D eigenvalue weighted by atomic mass is 10.1. The maximum absolute atomic E-state index is 12.1. The van der Waals surface area contributed by atoms with Crippen LogP contribution in [0.25, 0.3) is 10.8 Å². The van der Waals surface area contributed by atoms with Gasteiger partial charge in [0.1, 0.15) is 0 Å². The lowest BCUT2D eigenvalue weighted by Crippen LogP contribution is -2.28. The van der Waals surface area contributed by atoms with E-state index in [1.165, 1.54) is 0 Å². The Hall–Kier alpha value is -1.66. The molecule has 2 aromatic rings. The van der Waals surface area contributed by atoms with E-state index < -0.39 is 10.0 Å². The molecule has 3 rings (SSSR count). The van der Waals surface area contributed by atoms with Crippen LogP contribution in [0.4, 0.5) is 5.69 Å². The maximum Gasteiger partial charge on any atom is 0.233 e. The van der Waals surface area contributed by atoms with Crippen LogP contribution < -0.4 is 10.0 Å². The third kappa shape index (κ3) is 3.26. The molecule has 0 unspecified atom stereocenters. The SMILES string of the molecule is O=S(=O)(CCNC1CC1)Nc1cccc2ccncc12. The van der Waals surface area contributed by atoms with E-state index in [-0.39, 0.29) is 5.75 Å². The van der Waals surface area contributed by atoms with Crippen LogP contribution in [0.1, 0.15) is 12.8 Å². The normalized spacial score (nSPS) is 15.4. The van der Waals surface area contributed by atoms with E-state index >= 15 is 0 Å². The summed E-state index contributed by atoms with van der Waals surface area (Å²) in [6.45, 7) is 0.489. The van der Waals surface area contributed by atoms with Gasteiger partial charge in [0.2, 0.25) is 10.0 Å². The van der Waals surface area contributed by atoms with Crippen molar-refractivity contribution in [3.8, 4) is 0 Å². The number of benzene rings is 1. The number of hydrogen-bond acceptors (Lipinski definition) is 4. The van der Waals surface area contributed by atoms with E-state index in [4.69, 9.17) is 0 Å². The van der Waals surface area contributed by atoms with Crippen molar-refractivity contribution >= 4 is 26.5 Å². The summed E-state index contributed by atoms with van der Waals surface area (Å²) >= 11 is 0. The largest absolute Gasteiger partial charge is 0.313 e. The Morgan fingerprint density at radius 3 is 2.90 bits per heavy atom. The maximum atomic E-state index is 12.1. The highest BCUT2D eigenvalue weighted by atomic mass is 32.2. The van der Waals surface area contributed by atoms with E-state index in [9.17, 15) is 8.42 Å². The van der Waals surface area contributed by atoms with Gasteiger partial charge in [0.15, 0.2) is 0 Å². The Bertz CT molecular complexity index is 706. The molecule has 0 bridgehead atoms. The number of aromatic nitrogens is 1. The van der Waals surface area contributed by atoms with Gasteiger partial charge < -0.3 is 5.32 Å². The van der Waals surface area contributed by atoms with Crippen LogP contribution >= 0.6 is 0 Å². The van der Waals surface area contributed by atoms with Crippen LogP contribution in [0.5, 0.6) is 0 Å². The van der Waals surface area contributed by atoms with E-state index in [0.29, 0.717) is 18.3 Å². The highest BCUT2D eigenvalue weighted by Gasteiger charge is 2.21. The smallest absolute Gasteiger partial charge is 0.233 e. The lowest BCUT2D eigenvalue weighted by molar-refractivity contribution is 0.595. The zero-order chi connectivity index (χ0) is 14.0. The molecule has 1 saturated carbocycles. The number of hydrogen-bond donors (Lipinski definition) is 2. The Kier molecular flexibility index (Phi) is 3.58. The number of nitrogens with one attached hydrogen (secondary N) is 2. The van der Waals surface area contributed by atoms with Crippen LogP contribution in [-0.4, -0.2) is 31.7 Å². The van der Waals surface area contributed by atoms with Gasteiger partial charge in [-0.25, -0.2) is 8.42 Å². The van der Waals surface area contributed by atoms with Crippen LogP contribution in [0, 0.1) is 0 Å². The van der Waals surface area contributed by atoms with Crippen molar-refractivity contribution in [2.45, 2.75) is 18.9 Å². The first-order valence-electron chi connectivity index (χ1n) is 6.71. The van der Waals surface area contributed by atoms with Gasteiger partial charge in [0.05, 0.1) is 11.4 Å². The second-order valence-electron chi connectivity index (χ2n) is 5.05. The molecule has 106 valence electrons. The molecule has 6 heteroatoms. The zero-order valence-electron chi connectivity index (χ0n) is 11.0. The Balaban J connectivity index is 1.74. The summed E-state index contributed by atoms with van der Waals surface area (Å²) in [5.74, 6) is 0.0835. The van der Waals surface area contributed by atoms with E-state index in [1.54, 1.807) is 18.5 Å². The van der Waals surface area contributed by atoms with E-state index in [2.05, 4.69) is 15.0 Å². The minimum absolute atomic E-state index is 0.0835. The second-order valence-corrected chi connectivity index (χ2v) is 6.89. The topological polar surface area (TPSA) is 71.1 Å². The quantitative estimate of drug-likeness (QED) is 0.850. The minimum atomic E-state index is -3.33. The average Bonchev–Trinajstić information content (AvgIpc) is 3.23. The van der Waals surface area contributed by atoms with Gasteiger partial charge in [-0.15, -0.1) is 0 Å². The van der Waals surface area contributed by atoms with Crippen molar-refractivity contribution in [3.05, 3.63) is 36.7 Å². The van der Waals surface area contributed by atoms with Gasteiger partial charge in [0.25, 0.3) is 0 Å². The number of anilines is 1. The summed E-state index contributed by atoms with van der Waals surface area (Å²) in [6, 6.07) is 7.91.